The first-order chi connectivity index (χ1) is 35.8. The van der Waals surface area contributed by atoms with Crippen molar-refractivity contribution in [3.05, 3.63) is 155 Å². The molecule has 0 spiro atoms. The molecule has 0 fully saturated rings. The van der Waals surface area contributed by atoms with Gasteiger partial charge in [-0.05, 0) is 148 Å². The molecule has 1 heterocycles. The van der Waals surface area contributed by atoms with Gasteiger partial charge >= 0.3 is 25.3 Å². The van der Waals surface area contributed by atoms with Crippen LogP contribution in [0.1, 0.15) is 230 Å². The summed E-state index contributed by atoms with van der Waals surface area (Å²) >= 11 is -4.52. The third-order valence-electron chi connectivity index (χ3n) is 14.9. The van der Waals surface area contributed by atoms with E-state index in [4.69, 9.17) is 9.98 Å². The normalized spacial score (nSPS) is 14.9. The Morgan fingerprint density at radius 2 is 0.727 bits per heavy atom. The number of benzene rings is 4. The molecule has 0 atom stereocenters. The smallest absolute Gasteiger partial charge is 0.425 e. The molecule has 0 saturated carbocycles. The second-order valence-corrected chi connectivity index (χ2v) is 50.2. The summed E-state index contributed by atoms with van der Waals surface area (Å²) in [4.78, 5) is 11.3. The standard InChI is InChI=1S/2C29H41N2.C9H19SSi2.2Al.S/c2*1-18(2)24-13-11-14-25(19(3)4)28(24)30-22(9)17-23(10)31-29-26(20(5)6)15-12-16-27(29)21(7)8;1-11(2,3)8-7-9(10)12(4,5)6;;;/h2*11-21H,1-10H3;10H,1-6H3;;;/q2*-1;;+1;+2;/p-1/b2*22-17-,31-23?;;;;. The number of rotatable bonds is 20. The maximum Gasteiger partial charge on any atom is 0.578 e. The monoisotopic (exact) mass is 1130 g/mol. The van der Waals surface area contributed by atoms with Crippen LogP contribution in [0.15, 0.2) is 121 Å². The number of allylic oxidation sites excluding steroid dienone is 4. The van der Waals surface area contributed by atoms with Gasteiger partial charge in [-0.2, -0.15) is 10.1 Å². The van der Waals surface area contributed by atoms with Crippen LogP contribution >= 0.6 is 18.6 Å². The van der Waals surface area contributed by atoms with Crippen LogP contribution in [0.2, 0.25) is 39.3 Å². The lowest BCUT2D eigenvalue weighted by atomic mass is 9.92. The van der Waals surface area contributed by atoms with Crippen LogP contribution in [0.25, 0.3) is 0 Å². The highest BCUT2D eigenvalue weighted by molar-refractivity contribution is 8.65. The first-order valence-electron chi connectivity index (χ1n) is 29.2. The van der Waals surface area contributed by atoms with Gasteiger partial charge in [0.05, 0.1) is 27.5 Å². The van der Waals surface area contributed by atoms with Crippen LogP contribution in [0, 0.1) is 0 Å². The minimum absolute atomic E-state index is 0.326. The van der Waals surface area contributed by atoms with Crippen molar-refractivity contribution >= 4 is 94.3 Å². The molecular formula is C67H100Al2N4S2Si2. The van der Waals surface area contributed by atoms with E-state index in [-0.39, 0.29) is 0 Å². The summed E-state index contributed by atoms with van der Waals surface area (Å²) in [5.41, 5.74) is 25.3. The Morgan fingerprint density at radius 1 is 0.442 bits per heavy atom. The van der Waals surface area contributed by atoms with E-state index in [0.717, 1.165) is 22.8 Å². The van der Waals surface area contributed by atoms with E-state index < -0.39 is 41.5 Å². The lowest BCUT2D eigenvalue weighted by molar-refractivity contribution is 0.831. The molecule has 414 valence electrons. The summed E-state index contributed by atoms with van der Waals surface area (Å²) in [7, 11) is 0.633. The lowest BCUT2D eigenvalue weighted by Gasteiger charge is -2.41. The van der Waals surface area contributed by atoms with Crippen LogP contribution in [-0.4, -0.2) is 52.9 Å². The second-order valence-electron chi connectivity index (χ2n) is 26.5. The molecule has 0 saturated heterocycles. The van der Waals surface area contributed by atoms with Gasteiger partial charge in [-0.1, -0.05) is 227 Å². The van der Waals surface area contributed by atoms with E-state index in [1.807, 2.05) is 0 Å². The van der Waals surface area contributed by atoms with Crippen molar-refractivity contribution in [2.24, 2.45) is 9.98 Å². The first-order valence-corrected chi connectivity index (χ1v) is 43.9. The maximum absolute atomic E-state index is 5.64. The van der Waals surface area contributed by atoms with E-state index in [9.17, 15) is 0 Å². The molecular weight excluding hydrogens is 1040 g/mol. The Bertz CT molecular complexity index is 2810. The second kappa shape index (κ2) is 27.2. The quantitative estimate of drug-likeness (QED) is 0.0501. The summed E-state index contributed by atoms with van der Waals surface area (Å²) in [6.07, 6.45) is 4.89. The zero-order valence-corrected chi connectivity index (χ0v) is 58.9. The summed E-state index contributed by atoms with van der Waals surface area (Å²) in [6, 6.07) is 27.9. The minimum Gasteiger partial charge on any atom is -0.425 e. The van der Waals surface area contributed by atoms with Gasteiger partial charge in [0.1, 0.15) is 0 Å². The van der Waals surface area contributed by atoms with Crippen molar-refractivity contribution < 1.29 is 0 Å². The SMILES string of the molecule is CC(/C=C(/C)[N](c1c(C(C)C)cccc1C(C)C)[Al]1[S]C([Si](C)(C)C)=C=[C]([Si](C)(C)C)[Al]([N](/C(C)=C\C(C)=Nc2c(C(C)C)cccc2C(C)C)c2c(C(C)C)cccc2C(C)C)[S]1)=Nc1c(C(C)C)cccc1C(C)C. The number of anilines is 2. The molecule has 0 bridgehead atoms. The molecule has 77 heavy (non-hydrogen) atoms. The largest absolute Gasteiger partial charge is 0.578 e. The Kier molecular flexibility index (Phi) is 22.9. The number of hydrogen-bond acceptors (Lipinski definition) is 6. The van der Waals surface area contributed by atoms with Gasteiger partial charge in [0.2, 0.25) is 0 Å². The highest BCUT2D eigenvalue weighted by Gasteiger charge is 2.51. The van der Waals surface area contributed by atoms with E-state index in [1.54, 1.807) is 4.06 Å². The van der Waals surface area contributed by atoms with Crippen LogP contribution in [0.4, 0.5) is 22.7 Å². The fourth-order valence-corrected chi connectivity index (χ4v) is 47.3. The summed E-state index contributed by atoms with van der Waals surface area (Å²) in [5, 5.41) is 0. The minimum atomic E-state index is -2.31. The topological polar surface area (TPSA) is 31.2 Å². The molecule has 0 radical (unpaired) electrons. The van der Waals surface area contributed by atoms with Crippen LogP contribution in [0.5, 0.6) is 0 Å². The number of hydrogen-bond donors (Lipinski definition) is 0. The van der Waals surface area contributed by atoms with Crippen LogP contribution in [-0.2, 0) is 0 Å². The van der Waals surface area contributed by atoms with Gasteiger partial charge in [0.15, 0.2) is 0 Å². The fourth-order valence-electron chi connectivity index (χ4n) is 10.7. The molecule has 0 aliphatic carbocycles. The summed E-state index contributed by atoms with van der Waals surface area (Å²) in [6.45, 7) is 62.5. The molecule has 4 nitrogen and oxygen atoms in total. The summed E-state index contributed by atoms with van der Waals surface area (Å²) in [5.74, 6) is 2.76. The fraction of sp³-hybridized carbons (Fsp3) is 0.507. The number of para-hydroxylation sites is 4. The molecule has 0 amide bonds. The first kappa shape index (κ1) is 64.8. The predicted molar refractivity (Wildman–Crippen MR) is 360 cm³/mol. The van der Waals surface area contributed by atoms with Crippen LogP contribution in [0.3, 0.4) is 0 Å². The van der Waals surface area contributed by atoms with Crippen molar-refractivity contribution in [3.8, 4) is 0 Å². The van der Waals surface area contributed by atoms with E-state index in [1.165, 1.54) is 71.8 Å². The van der Waals surface area contributed by atoms with Gasteiger partial charge in [-0.25, -0.2) is 0 Å². The Morgan fingerprint density at radius 3 is 1.01 bits per heavy atom. The zero-order valence-electron chi connectivity index (χ0n) is 53.0. The highest BCUT2D eigenvalue weighted by Crippen LogP contribution is 2.50. The average Bonchev–Trinajstić information content (AvgIpc) is 3.52. The van der Waals surface area contributed by atoms with Gasteiger partial charge in [-0.3, -0.25) is 18.5 Å². The Hall–Kier alpha value is -2.98. The Labute approximate surface area is 488 Å². The lowest BCUT2D eigenvalue weighted by Crippen LogP contribution is -2.49. The molecule has 10 heteroatoms. The third kappa shape index (κ3) is 15.7. The van der Waals surface area contributed by atoms with Crippen molar-refractivity contribution in [1.29, 1.82) is 0 Å². The van der Waals surface area contributed by atoms with E-state index >= 15 is 0 Å². The number of nitrogens with zero attached hydrogens (tertiary/aromatic N) is 4. The zero-order chi connectivity index (χ0) is 57.8. The molecule has 5 rings (SSSR count). The van der Waals surface area contributed by atoms with Gasteiger partial charge in [0.25, 0.3) is 0 Å². The summed E-state index contributed by atoms with van der Waals surface area (Å²) < 4.78 is 9.06. The van der Waals surface area contributed by atoms with Gasteiger partial charge in [-0.15, -0.1) is 5.73 Å². The molecule has 0 N–H and O–H groups in total. The molecule has 4 aromatic rings. The van der Waals surface area contributed by atoms with Crippen LogP contribution < -0.4 is 7.77 Å². The predicted octanol–water partition coefficient (Wildman–Crippen LogP) is 22.0. The molecule has 0 unspecified atom stereocenters. The van der Waals surface area contributed by atoms with Gasteiger partial charge in [0, 0.05) is 22.8 Å². The van der Waals surface area contributed by atoms with Crippen molar-refractivity contribution in [3.63, 3.8) is 0 Å². The van der Waals surface area contributed by atoms with Crippen molar-refractivity contribution in [2.75, 3.05) is 7.77 Å². The molecule has 1 aliphatic heterocycles. The maximum atomic E-state index is 5.64. The molecule has 1 aliphatic rings. The van der Waals surface area contributed by atoms with E-state index in [2.05, 4.69) is 295 Å². The molecule has 0 aromatic heterocycles. The molecule has 4 aromatic carbocycles. The van der Waals surface area contributed by atoms with E-state index in [0.29, 0.717) is 47.3 Å². The van der Waals surface area contributed by atoms with Crippen molar-refractivity contribution in [2.45, 2.75) is 225 Å². The average molecular weight is 1140 g/mol. The third-order valence-corrected chi connectivity index (χ3v) is 42.6. The van der Waals surface area contributed by atoms with Gasteiger partial charge < -0.3 is 7.77 Å². The highest BCUT2D eigenvalue weighted by atomic mass is 32.6. The number of aliphatic imine (C=N–C) groups is 2. The van der Waals surface area contributed by atoms with Crippen molar-refractivity contribution in [1.82, 2.24) is 0 Å². The Balaban J connectivity index is 2.00.